The van der Waals surface area contributed by atoms with Gasteiger partial charge in [0.1, 0.15) is 11.6 Å². The summed E-state index contributed by atoms with van der Waals surface area (Å²) in [6.07, 6.45) is 4.09. The van der Waals surface area contributed by atoms with Crippen LogP contribution in [0.25, 0.3) is 33.5 Å². The number of nitrogens with zero attached hydrogens (tertiary/aromatic N) is 4. The summed E-state index contributed by atoms with van der Waals surface area (Å²) in [7, 11) is 5.88. The second-order valence-corrected chi connectivity index (χ2v) is 10.1. The van der Waals surface area contributed by atoms with Gasteiger partial charge in [0.05, 0.1) is 23.7 Å². The molecule has 2 aromatic carbocycles. The molecule has 1 atom stereocenters. The number of nitrogens with one attached hydrogen (secondary N) is 1. The molecule has 1 unspecified atom stereocenters. The topological polar surface area (TPSA) is 77.5 Å². The van der Waals surface area contributed by atoms with E-state index in [0.29, 0.717) is 22.7 Å². The zero-order valence-corrected chi connectivity index (χ0v) is 20.9. The van der Waals surface area contributed by atoms with Crippen molar-refractivity contribution in [3.63, 3.8) is 0 Å². The molecular weight excluding hydrogens is 438 g/mol. The summed E-state index contributed by atoms with van der Waals surface area (Å²) in [5, 5.41) is 10.6. The van der Waals surface area contributed by atoms with E-state index < -0.39 is 0 Å². The lowest BCUT2D eigenvalue weighted by Gasteiger charge is -2.27. The number of phenols is 1. The van der Waals surface area contributed by atoms with Gasteiger partial charge in [-0.25, -0.2) is 9.97 Å². The summed E-state index contributed by atoms with van der Waals surface area (Å²) in [4.78, 5) is 17.3. The highest BCUT2D eigenvalue weighted by Crippen LogP contribution is 2.38. The lowest BCUT2D eigenvalue weighted by molar-refractivity contribution is 0.276. The molecule has 3 heterocycles. The molecule has 0 spiro atoms. The number of phenolic OH excluding ortho intramolecular Hbond substituents is 1. The molecule has 1 fully saturated rings. The SMILES string of the molecule is COc1ncccc1-c1ccc(O)c(-c2nc3cc(N4CCC(C)(CCN(C)C)C4)ccc3[nH]2)c1. The summed E-state index contributed by atoms with van der Waals surface area (Å²) in [5.41, 5.74) is 5.77. The van der Waals surface area contributed by atoms with Gasteiger partial charge in [0.2, 0.25) is 5.88 Å². The van der Waals surface area contributed by atoms with Crippen LogP contribution in [0.15, 0.2) is 54.7 Å². The summed E-state index contributed by atoms with van der Waals surface area (Å²) in [5.74, 6) is 1.35. The Morgan fingerprint density at radius 2 is 2.00 bits per heavy atom. The minimum absolute atomic E-state index is 0.173. The van der Waals surface area contributed by atoms with Crippen molar-refractivity contribution >= 4 is 16.7 Å². The normalized spacial score (nSPS) is 18.0. The number of ether oxygens (including phenoxy) is 1. The Hall–Kier alpha value is -3.58. The lowest BCUT2D eigenvalue weighted by Crippen LogP contribution is -2.28. The zero-order valence-electron chi connectivity index (χ0n) is 20.9. The quantitative estimate of drug-likeness (QED) is 0.387. The highest BCUT2D eigenvalue weighted by atomic mass is 16.5. The number of aromatic nitrogens is 3. The molecule has 1 aliphatic rings. The van der Waals surface area contributed by atoms with Crippen molar-refractivity contribution < 1.29 is 9.84 Å². The third kappa shape index (κ3) is 4.68. The molecule has 5 rings (SSSR count). The fraction of sp³-hybridized carbons (Fsp3) is 0.357. The molecule has 1 aliphatic heterocycles. The van der Waals surface area contributed by atoms with Crippen molar-refractivity contribution in [2.75, 3.05) is 45.7 Å². The predicted molar refractivity (Wildman–Crippen MR) is 141 cm³/mol. The number of aromatic amines is 1. The van der Waals surface area contributed by atoms with Crippen molar-refractivity contribution in [3.8, 4) is 34.1 Å². The highest BCUT2D eigenvalue weighted by molar-refractivity contribution is 5.85. The maximum Gasteiger partial charge on any atom is 0.221 e. The number of fused-ring (bicyclic) bond motifs is 1. The second-order valence-electron chi connectivity index (χ2n) is 10.1. The van der Waals surface area contributed by atoms with Crippen LogP contribution in [0, 0.1) is 5.41 Å². The second kappa shape index (κ2) is 9.23. The van der Waals surface area contributed by atoms with Gasteiger partial charge in [-0.3, -0.25) is 0 Å². The Kier molecular flexibility index (Phi) is 6.11. The summed E-state index contributed by atoms with van der Waals surface area (Å²) >= 11 is 0. The molecule has 0 amide bonds. The molecule has 0 aliphatic carbocycles. The van der Waals surface area contributed by atoms with Gasteiger partial charge >= 0.3 is 0 Å². The highest BCUT2D eigenvalue weighted by Gasteiger charge is 2.33. The van der Waals surface area contributed by atoms with E-state index in [2.05, 4.69) is 59.0 Å². The van der Waals surface area contributed by atoms with Crippen LogP contribution in [0.5, 0.6) is 11.6 Å². The first kappa shape index (κ1) is 23.2. The number of imidazole rings is 1. The third-order valence-corrected chi connectivity index (χ3v) is 7.08. The molecule has 2 aromatic heterocycles. The molecule has 7 nitrogen and oxygen atoms in total. The first-order valence-electron chi connectivity index (χ1n) is 12.1. The zero-order chi connectivity index (χ0) is 24.6. The first-order valence-corrected chi connectivity index (χ1v) is 12.1. The predicted octanol–water partition coefficient (Wildman–Crippen LogP) is 5.17. The Balaban J connectivity index is 1.43. The average molecular weight is 472 g/mol. The minimum atomic E-state index is 0.173. The number of hydrogen-bond donors (Lipinski definition) is 2. The van der Waals surface area contributed by atoms with Gasteiger partial charge in [-0.2, -0.15) is 0 Å². The number of hydrogen-bond acceptors (Lipinski definition) is 6. The fourth-order valence-electron chi connectivity index (χ4n) is 4.93. The average Bonchev–Trinajstić information content (AvgIpc) is 3.46. The van der Waals surface area contributed by atoms with E-state index >= 15 is 0 Å². The summed E-state index contributed by atoms with van der Waals surface area (Å²) in [6.45, 7) is 5.62. The van der Waals surface area contributed by atoms with Crippen LogP contribution in [0.4, 0.5) is 5.69 Å². The summed E-state index contributed by atoms with van der Waals surface area (Å²) in [6, 6.07) is 15.7. The van der Waals surface area contributed by atoms with E-state index in [4.69, 9.17) is 9.72 Å². The number of methoxy groups -OCH3 is 1. The van der Waals surface area contributed by atoms with Gasteiger partial charge in [0, 0.05) is 30.5 Å². The van der Waals surface area contributed by atoms with Crippen LogP contribution >= 0.6 is 0 Å². The van der Waals surface area contributed by atoms with E-state index in [1.165, 1.54) is 18.5 Å². The lowest BCUT2D eigenvalue weighted by atomic mass is 9.86. The Morgan fingerprint density at radius 1 is 1.14 bits per heavy atom. The number of rotatable bonds is 7. The number of pyridine rings is 1. The summed E-state index contributed by atoms with van der Waals surface area (Å²) < 4.78 is 5.42. The van der Waals surface area contributed by atoms with Gasteiger partial charge in [-0.1, -0.05) is 13.0 Å². The number of anilines is 1. The number of H-pyrrole nitrogens is 1. The monoisotopic (exact) mass is 471 g/mol. The molecule has 0 saturated carbocycles. The van der Waals surface area contributed by atoms with E-state index in [1.54, 1.807) is 19.4 Å². The van der Waals surface area contributed by atoms with Gasteiger partial charge in [-0.05, 0) is 86.9 Å². The van der Waals surface area contributed by atoms with Crippen LogP contribution in [-0.4, -0.2) is 65.8 Å². The van der Waals surface area contributed by atoms with Crippen LogP contribution in [0.2, 0.25) is 0 Å². The smallest absolute Gasteiger partial charge is 0.221 e. The van der Waals surface area contributed by atoms with Gasteiger partial charge in [-0.15, -0.1) is 0 Å². The van der Waals surface area contributed by atoms with Crippen LogP contribution in [0.3, 0.4) is 0 Å². The molecular formula is C28H33N5O2. The maximum absolute atomic E-state index is 10.6. The molecule has 1 saturated heterocycles. The molecule has 0 radical (unpaired) electrons. The maximum atomic E-state index is 10.6. The van der Waals surface area contributed by atoms with E-state index in [-0.39, 0.29) is 5.75 Å². The molecule has 182 valence electrons. The van der Waals surface area contributed by atoms with Crippen molar-refractivity contribution in [2.24, 2.45) is 5.41 Å². The number of aromatic hydroxyl groups is 1. The van der Waals surface area contributed by atoms with Crippen molar-refractivity contribution in [1.29, 1.82) is 0 Å². The molecule has 2 N–H and O–H groups in total. The molecule has 7 heteroatoms. The first-order chi connectivity index (χ1) is 16.8. The largest absolute Gasteiger partial charge is 0.507 e. The van der Waals surface area contributed by atoms with Gasteiger partial charge in [0.15, 0.2) is 0 Å². The van der Waals surface area contributed by atoms with Crippen LogP contribution < -0.4 is 9.64 Å². The van der Waals surface area contributed by atoms with Crippen molar-refractivity contribution in [2.45, 2.75) is 19.8 Å². The van der Waals surface area contributed by atoms with Gasteiger partial charge < -0.3 is 24.6 Å². The standard InChI is InChI=1S/C28H33N5O2/c1-28(11-14-32(2)3)12-15-33(18-28)20-8-9-23-24(17-20)31-26(30-23)22-16-19(7-10-25(22)34)21-6-5-13-29-27(21)35-4/h5-10,13,16-17,34H,11-12,14-15,18H2,1-4H3,(H,30,31). The Morgan fingerprint density at radius 3 is 2.80 bits per heavy atom. The van der Waals surface area contributed by atoms with Crippen LogP contribution in [0.1, 0.15) is 19.8 Å². The fourth-order valence-corrected chi connectivity index (χ4v) is 4.93. The van der Waals surface area contributed by atoms with Crippen molar-refractivity contribution in [3.05, 3.63) is 54.7 Å². The molecule has 4 aromatic rings. The van der Waals surface area contributed by atoms with Crippen molar-refractivity contribution in [1.82, 2.24) is 19.9 Å². The minimum Gasteiger partial charge on any atom is -0.507 e. The number of benzene rings is 2. The van der Waals surface area contributed by atoms with Gasteiger partial charge in [0.25, 0.3) is 0 Å². The van der Waals surface area contributed by atoms with E-state index in [0.717, 1.165) is 41.8 Å². The van der Waals surface area contributed by atoms with E-state index in [9.17, 15) is 5.11 Å². The third-order valence-electron chi connectivity index (χ3n) is 7.08. The Bertz CT molecular complexity index is 1350. The molecule has 35 heavy (non-hydrogen) atoms. The van der Waals surface area contributed by atoms with E-state index in [1.807, 2.05) is 24.3 Å². The Labute approximate surface area is 206 Å². The van der Waals surface area contributed by atoms with Crippen LogP contribution in [-0.2, 0) is 0 Å². The molecule has 0 bridgehead atoms.